The predicted octanol–water partition coefficient (Wildman–Crippen LogP) is -5.87. The minimum Gasteiger partial charge on any atom is -0.479 e. The molecule has 0 radical (unpaired) electrons. The van der Waals surface area contributed by atoms with Gasteiger partial charge < -0.3 is 31.5 Å². The number of aromatic nitrogens is 1. The topological polar surface area (TPSA) is 254 Å². The fraction of sp³-hybridized carbons (Fsp3) is 0.333. The molecule has 164 valence electrons. The van der Waals surface area contributed by atoms with E-state index in [0.717, 1.165) is 11.3 Å². The minimum absolute atomic E-state index is 0. The molecular formula is C12H14N6NaO10S2+. The Morgan fingerprint density at radius 1 is 1.39 bits per heavy atom. The Balaban J connectivity index is 0.00000480. The van der Waals surface area contributed by atoms with Crippen molar-refractivity contribution >= 4 is 56.4 Å². The molecule has 1 fully saturated rings. The van der Waals surface area contributed by atoms with Gasteiger partial charge in [-0.05, 0) is 0 Å². The first-order chi connectivity index (χ1) is 13.9. The third-order valence-corrected chi connectivity index (χ3v) is 5.05. The molecule has 3 amide bonds. The number of carbonyl (C=O) groups excluding carboxylic acids is 3. The molecule has 0 unspecified atom stereocenters. The van der Waals surface area contributed by atoms with Crippen LogP contribution in [0.25, 0.3) is 0 Å². The van der Waals surface area contributed by atoms with Crippen LogP contribution in [0, 0.1) is 0 Å². The largest absolute Gasteiger partial charge is 1.00 e. The van der Waals surface area contributed by atoms with E-state index in [0.29, 0.717) is 0 Å². The Kier molecular flexibility index (Phi) is 9.14. The van der Waals surface area contributed by atoms with E-state index in [4.69, 9.17) is 21.1 Å². The van der Waals surface area contributed by atoms with Crippen molar-refractivity contribution in [3.63, 3.8) is 0 Å². The number of anilines is 1. The third kappa shape index (κ3) is 6.74. The van der Waals surface area contributed by atoms with Gasteiger partial charge in [0.1, 0.15) is 24.4 Å². The number of amides is 3. The van der Waals surface area contributed by atoms with Crippen molar-refractivity contribution in [1.82, 2.24) is 14.6 Å². The molecular weight excluding hydrogens is 475 g/mol. The van der Waals surface area contributed by atoms with Crippen LogP contribution in [0.2, 0.25) is 0 Å². The Bertz CT molecular complexity index is 1010. The molecule has 0 bridgehead atoms. The maximum absolute atomic E-state index is 12.6. The van der Waals surface area contributed by atoms with Gasteiger partial charge in [-0.25, -0.2) is 18.9 Å². The summed E-state index contributed by atoms with van der Waals surface area (Å²) in [7, 11) is -5.02. The first kappa shape index (κ1) is 26.5. The molecule has 1 aromatic rings. The van der Waals surface area contributed by atoms with Gasteiger partial charge in [0.05, 0.1) is 0 Å². The van der Waals surface area contributed by atoms with Crippen LogP contribution in [-0.2, 0) is 34.3 Å². The zero-order valence-electron chi connectivity index (χ0n) is 15.6. The van der Waals surface area contributed by atoms with Gasteiger partial charge in [0.2, 0.25) is 6.61 Å². The van der Waals surface area contributed by atoms with Crippen molar-refractivity contribution in [2.75, 3.05) is 18.9 Å². The molecule has 0 aromatic carbocycles. The van der Waals surface area contributed by atoms with E-state index in [1.807, 2.05) is 0 Å². The van der Waals surface area contributed by atoms with Crippen molar-refractivity contribution < 1.29 is 76.4 Å². The van der Waals surface area contributed by atoms with Crippen molar-refractivity contribution in [3.8, 4) is 0 Å². The summed E-state index contributed by atoms with van der Waals surface area (Å²) in [4.78, 5) is 54.3. The van der Waals surface area contributed by atoms with Crippen molar-refractivity contribution in [3.05, 3.63) is 11.1 Å². The van der Waals surface area contributed by atoms with E-state index in [1.165, 1.54) is 5.38 Å². The maximum Gasteiger partial charge on any atom is 1.00 e. The van der Waals surface area contributed by atoms with Crippen LogP contribution < -0.4 is 46.3 Å². The molecule has 2 atom stereocenters. The summed E-state index contributed by atoms with van der Waals surface area (Å²) in [5.74, 6) is -3.76. The summed E-state index contributed by atoms with van der Waals surface area (Å²) in [6, 6.07) is -3.08. The van der Waals surface area contributed by atoms with Crippen molar-refractivity contribution in [1.29, 1.82) is 0 Å². The number of primary amides is 1. The van der Waals surface area contributed by atoms with E-state index in [-0.39, 0.29) is 44.7 Å². The average Bonchev–Trinajstić information content (AvgIpc) is 3.04. The average molecular weight is 489 g/mol. The summed E-state index contributed by atoms with van der Waals surface area (Å²) < 4.78 is 36.2. The molecule has 0 saturated carbocycles. The van der Waals surface area contributed by atoms with Crippen LogP contribution >= 0.6 is 11.3 Å². The zero-order valence-corrected chi connectivity index (χ0v) is 19.3. The van der Waals surface area contributed by atoms with Crippen molar-refractivity contribution in [2.24, 2.45) is 10.9 Å². The van der Waals surface area contributed by atoms with Crippen LogP contribution in [-0.4, -0.2) is 82.3 Å². The van der Waals surface area contributed by atoms with Gasteiger partial charge in [-0.1, -0.05) is 5.16 Å². The van der Waals surface area contributed by atoms with E-state index in [2.05, 4.69) is 25.0 Å². The molecule has 0 spiro atoms. The standard InChI is InChI=1S/C12H14N6O10S2.Na/c13-11-15-4(3-29-11)7(17-28-2-6(19)20)9(21)16-8-5(1-27-12(14)23)18(10(8)22)30(24,25)26;/h3,5,8H,1-2H2,(H2,13,15)(H2,14,23)(H,16,21)(H,19,20)(H,24,25,26);/q;+1/b17-7+;/t5-,8+;/m1./s1. The fourth-order valence-corrected chi connectivity index (χ4v) is 3.67. The van der Waals surface area contributed by atoms with E-state index in [9.17, 15) is 27.6 Å². The Morgan fingerprint density at radius 3 is 2.52 bits per heavy atom. The molecule has 1 saturated heterocycles. The second kappa shape index (κ2) is 10.7. The van der Waals surface area contributed by atoms with Crippen LogP contribution in [0.5, 0.6) is 0 Å². The molecule has 1 aliphatic rings. The molecule has 0 aliphatic carbocycles. The number of carbonyl (C=O) groups is 4. The Hall–Kier alpha value is -2.51. The third-order valence-electron chi connectivity index (χ3n) is 3.42. The summed E-state index contributed by atoms with van der Waals surface area (Å²) in [5, 5.41) is 15.4. The quantitative estimate of drug-likeness (QED) is 0.0714. The summed E-state index contributed by atoms with van der Waals surface area (Å²) in [6.07, 6.45) is -1.29. The molecule has 16 nitrogen and oxygen atoms in total. The smallest absolute Gasteiger partial charge is 0.479 e. The first-order valence-corrected chi connectivity index (χ1v) is 9.86. The number of β-lactam (4-membered cyclic amide) rings is 1. The number of nitrogens with one attached hydrogen (secondary N) is 1. The second-order valence-corrected chi connectivity index (χ2v) is 7.62. The SMILES string of the molecule is NC(=O)OC[C@@H]1[C@H](NC(=O)/C(=N/OCC(=O)O)c2csc(N)n2)C(=O)N1S(=O)(=O)O.[Na+]. The Labute approximate surface area is 199 Å². The number of nitrogens with two attached hydrogens (primary N) is 2. The zero-order chi connectivity index (χ0) is 22.6. The first-order valence-electron chi connectivity index (χ1n) is 7.58. The van der Waals surface area contributed by atoms with Gasteiger partial charge in [0, 0.05) is 5.38 Å². The fourth-order valence-electron chi connectivity index (χ4n) is 2.26. The predicted molar refractivity (Wildman–Crippen MR) is 96.3 cm³/mol. The summed E-state index contributed by atoms with van der Waals surface area (Å²) in [6.45, 7) is -1.66. The number of nitrogens with zero attached hydrogens (tertiary/aromatic N) is 3. The summed E-state index contributed by atoms with van der Waals surface area (Å²) >= 11 is 0.920. The normalized spacial score (nSPS) is 18.4. The molecule has 1 aromatic heterocycles. The number of rotatable bonds is 9. The van der Waals surface area contributed by atoms with Gasteiger partial charge in [-0.2, -0.15) is 8.42 Å². The van der Waals surface area contributed by atoms with Crippen LogP contribution in [0.4, 0.5) is 9.93 Å². The second-order valence-electron chi connectivity index (χ2n) is 5.44. The monoisotopic (exact) mass is 489 g/mol. The number of hydrogen-bond acceptors (Lipinski definition) is 12. The minimum atomic E-state index is -5.02. The number of carboxylic acids is 1. The van der Waals surface area contributed by atoms with Crippen molar-refractivity contribution in [2.45, 2.75) is 12.1 Å². The van der Waals surface area contributed by atoms with E-state index in [1.54, 1.807) is 0 Å². The Morgan fingerprint density at radius 2 is 2.03 bits per heavy atom. The van der Waals surface area contributed by atoms with Gasteiger partial charge >= 0.3 is 51.9 Å². The van der Waals surface area contributed by atoms with Gasteiger partial charge in [0.25, 0.3) is 11.8 Å². The number of thiazole rings is 1. The molecule has 1 aliphatic heterocycles. The number of ether oxygens (including phenoxy) is 1. The van der Waals surface area contributed by atoms with Gasteiger partial charge in [0.15, 0.2) is 10.8 Å². The van der Waals surface area contributed by atoms with Gasteiger partial charge in [-0.15, -0.1) is 11.3 Å². The molecule has 7 N–H and O–H groups in total. The summed E-state index contributed by atoms with van der Waals surface area (Å²) in [5.41, 5.74) is 9.58. The maximum atomic E-state index is 12.6. The number of nitrogen functional groups attached to an aromatic ring is 1. The number of carboxylic acid groups (broad SMARTS) is 1. The van der Waals surface area contributed by atoms with Gasteiger partial charge in [-0.3, -0.25) is 14.1 Å². The van der Waals surface area contributed by atoms with E-state index < -0.39 is 65.2 Å². The molecule has 2 rings (SSSR count). The number of aliphatic carboxylic acids is 1. The van der Waals surface area contributed by atoms with E-state index >= 15 is 0 Å². The molecule has 19 heteroatoms. The molecule has 2 heterocycles. The number of oxime groups is 1. The van der Waals surface area contributed by atoms with Crippen LogP contribution in [0.1, 0.15) is 5.69 Å². The van der Waals surface area contributed by atoms with Crippen LogP contribution in [0.15, 0.2) is 10.5 Å². The number of hydrogen-bond donors (Lipinski definition) is 5. The molecule has 31 heavy (non-hydrogen) atoms. The van der Waals surface area contributed by atoms with Crippen LogP contribution in [0.3, 0.4) is 0 Å².